The van der Waals surface area contributed by atoms with Crippen LogP contribution in [0.15, 0.2) is 48.5 Å². The molecule has 0 atom stereocenters. The van der Waals surface area contributed by atoms with E-state index in [9.17, 15) is 9.59 Å². The van der Waals surface area contributed by atoms with Crippen molar-refractivity contribution in [3.05, 3.63) is 65.5 Å². The molecule has 0 spiro atoms. The zero-order valence-electron chi connectivity index (χ0n) is 13.2. The van der Waals surface area contributed by atoms with Crippen molar-refractivity contribution < 1.29 is 14.7 Å². The van der Waals surface area contributed by atoms with Crippen LogP contribution in [-0.2, 0) is 6.42 Å². The first-order valence-electron chi connectivity index (χ1n) is 7.40. The summed E-state index contributed by atoms with van der Waals surface area (Å²) in [5.41, 5.74) is 1.06. The number of pyridine rings is 1. The fraction of sp³-hybridized carbons (Fsp3) is 0.278. The van der Waals surface area contributed by atoms with Crippen LogP contribution >= 0.6 is 0 Å². The van der Waals surface area contributed by atoms with Gasteiger partial charge in [-0.3, -0.25) is 4.79 Å². The summed E-state index contributed by atoms with van der Waals surface area (Å²) in [7, 11) is 0. The van der Waals surface area contributed by atoms with Crippen molar-refractivity contribution in [3.63, 3.8) is 0 Å². The maximum absolute atomic E-state index is 12.2. The summed E-state index contributed by atoms with van der Waals surface area (Å²) in [6, 6.07) is 14.4. The highest BCUT2D eigenvalue weighted by Gasteiger charge is 2.20. The Hall–Kier alpha value is -2.69. The standard InChI is InChI=1S/C18H20N2O3/c1-18(2,11-13-7-4-3-5-8-13)12-19-16(21)14-9-6-10-15(20-14)17(22)23/h3-10H,11-12H2,1-2H3,(H,19,21)(H,22,23). The molecule has 1 amide bonds. The molecule has 120 valence electrons. The van der Waals surface area contributed by atoms with Crippen molar-refractivity contribution in [3.8, 4) is 0 Å². The largest absolute Gasteiger partial charge is 0.477 e. The first-order chi connectivity index (χ1) is 10.9. The number of nitrogens with one attached hydrogen (secondary N) is 1. The van der Waals surface area contributed by atoms with Gasteiger partial charge in [0.25, 0.3) is 5.91 Å². The first-order valence-corrected chi connectivity index (χ1v) is 7.40. The van der Waals surface area contributed by atoms with E-state index in [1.807, 2.05) is 18.2 Å². The molecule has 5 nitrogen and oxygen atoms in total. The maximum Gasteiger partial charge on any atom is 0.354 e. The van der Waals surface area contributed by atoms with Gasteiger partial charge >= 0.3 is 5.97 Å². The van der Waals surface area contributed by atoms with Crippen LogP contribution in [0, 0.1) is 5.41 Å². The van der Waals surface area contributed by atoms with Crippen molar-refractivity contribution in [2.24, 2.45) is 5.41 Å². The highest BCUT2D eigenvalue weighted by atomic mass is 16.4. The van der Waals surface area contributed by atoms with Gasteiger partial charge in [-0.2, -0.15) is 0 Å². The van der Waals surface area contributed by atoms with E-state index in [0.29, 0.717) is 6.54 Å². The quantitative estimate of drug-likeness (QED) is 0.859. The minimum atomic E-state index is -1.15. The lowest BCUT2D eigenvalue weighted by Crippen LogP contribution is -2.35. The third kappa shape index (κ3) is 4.92. The molecule has 0 saturated heterocycles. The maximum atomic E-state index is 12.2. The minimum Gasteiger partial charge on any atom is -0.477 e. The molecule has 0 bridgehead atoms. The Bertz CT molecular complexity index is 696. The van der Waals surface area contributed by atoms with Gasteiger partial charge in [-0.25, -0.2) is 9.78 Å². The van der Waals surface area contributed by atoms with Crippen LogP contribution in [0.1, 0.15) is 40.4 Å². The molecule has 5 heteroatoms. The molecule has 2 aromatic rings. The van der Waals surface area contributed by atoms with Crippen molar-refractivity contribution in [1.82, 2.24) is 10.3 Å². The Kier molecular flexibility index (Phi) is 5.11. The van der Waals surface area contributed by atoms with E-state index < -0.39 is 5.97 Å². The molecule has 0 radical (unpaired) electrons. The smallest absolute Gasteiger partial charge is 0.354 e. The number of hydrogen-bond acceptors (Lipinski definition) is 3. The molecule has 1 aromatic carbocycles. The summed E-state index contributed by atoms with van der Waals surface area (Å²) < 4.78 is 0. The molecule has 1 aromatic heterocycles. The van der Waals surface area contributed by atoms with Crippen LogP contribution in [0.4, 0.5) is 0 Å². The summed E-state index contributed by atoms with van der Waals surface area (Å²) in [6.45, 7) is 4.61. The molecule has 0 unspecified atom stereocenters. The molecular weight excluding hydrogens is 292 g/mol. The van der Waals surface area contributed by atoms with E-state index in [1.165, 1.54) is 23.8 Å². The van der Waals surface area contributed by atoms with Crippen molar-refractivity contribution in [1.29, 1.82) is 0 Å². The number of benzene rings is 1. The molecule has 0 saturated carbocycles. The van der Waals surface area contributed by atoms with E-state index in [2.05, 4.69) is 36.3 Å². The van der Waals surface area contributed by atoms with E-state index in [0.717, 1.165) is 6.42 Å². The zero-order chi connectivity index (χ0) is 16.9. The summed E-state index contributed by atoms with van der Waals surface area (Å²) in [4.78, 5) is 26.9. The van der Waals surface area contributed by atoms with E-state index in [4.69, 9.17) is 5.11 Å². The van der Waals surface area contributed by atoms with Crippen molar-refractivity contribution in [2.75, 3.05) is 6.54 Å². The van der Waals surface area contributed by atoms with Gasteiger partial charge in [0, 0.05) is 6.54 Å². The van der Waals surface area contributed by atoms with Gasteiger partial charge in [0.1, 0.15) is 11.4 Å². The second kappa shape index (κ2) is 7.05. The number of carboxylic acid groups (broad SMARTS) is 1. The highest BCUT2D eigenvalue weighted by Crippen LogP contribution is 2.20. The molecule has 0 aliphatic carbocycles. The van der Waals surface area contributed by atoms with Gasteiger partial charge in [0.15, 0.2) is 0 Å². The van der Waals surface area contributed by atoms with Gasteiger partial charge in [-0.1, -0.05) is 50.2 Å². The number of carbonyl (C=O) groups is 2. The van der Waals surface area contributed by atoms with Crippen LogP contribution in [0.2, 0.25) is 0 Å². The van der Waals surface area contributed by atoms with Gasteiger partial charge in [-0.15, -0.1) is 0 Å². The average molecular weight is 312 g/mol. The molecule has 23 heavy (non-hydrogen) atoms. The molecule has 0 aliphatic rings. The lowest BCUT2D eigenvalue weighted by atomic mass is 9.85. The van der Waals surface area contributed by atoms with Crippen LogP contribution in [0.3, 0.4) is 0 Å². The summed E-state index contributed by atoms with van der Waals surface area (Å²) in [5, 5.41) is 11.8. The van der Waals surface area contributed by atoms with Gasteiger partial charge in [0.2, 0.25) is 0 Å². The Labute approximate surface area is 135 Å². The Morgan fingerprint density at radius 1 is 1.04 bits per heavy atom. The molecular formula is C18H20N2O3. The van der Waals surface area contributed by atoms with E-state index in [1.54, 1.807) is 0 Å². The first kappa shape index (κ1) is 16.7. The predicted molar refractivity (Wildman–Crippen MR) is 87.5 cm³/mol. The number of amides is 1. The number of rotatable bonds is 6. The number of carboxylic acids is 1. The summed E-state index contributed by atoms with van der Waals surface area (Å²) in [6.07, 6.45) is 0.830. The third-order valence-corrected chi connectivity index (χ3v) is 3.45. The predicted octanol–water partition coefficient (Wildman–Crippen LogP) is 2.78. The zero-order valence-corrected chi connectivity index (χ0v) is 13.2. The summed E-state index contributed by atoms with van der Waals surface area (Å²) >= 11 is 0. The lowest BCUT2D eigenvalue weighted by Gasteiger charge is -2.25. The second-order valence-electron chi connectivity index (χ2n) is 6.22. The summed E-state index contributed by atoms with van der Waals surface area (Å²) in [5.74, 6) is -1.52. The number of hydrogen-bond donors (Lipinski definition) is 2. The third-order valence-electron chi connectivity index (χ3n) is 3.45. The molecule has 2 rings (SSSR count). The molecule has 2 N–H and O–H groups in total. The fourth-order valence-corrected chi connectivity index (χ4v) is 2.30. The molecule has 0 fully saturated rings. The highest BCUT2D eigenvalue weighted by molar-refractivity contribution is 5.94. The number of nitrogens with zero attached hydrogens (tertiary/aromatic N) is 1. The molecule has 0 aliphatic heterocycles. The minimum absolute atomic E-state index is 0.111. The Morgan fingerprint density at radius 3 is 2.35 bits per heavy atom. The average Bonchev–Trinajstić information content (AvgIpc) is 2.53. The lowest BCUT2D eigenvalue weighted by molar-refractivity contribution is 0.0690. The fourth-order valence-electron chi connectivity index (χ4n) is 2.30. The van der Waals surface area contributed by atoms with Crippen LogP contribution < -0.4 is 5.32 Å². The SMILES string of the molecule is CC(C)(CNC(=O)c1cccc(C(=O)O)n1)Cc1ccccc1. The van der Waals surface area contributed by atoms with E-state index >= 15 is 0 Å². The van der Waals surface area contributed by atoms with Gasteiger partial charge in [0.05, 0.1) is 0 Å². The van der Waals surface area contributed by atoms with E-state index in [-0.39, 0.29) is 22.7 Å². The number of carbonyl (C=O) groups excluding carboxylic acids is 1. The Balaban J connectivity index is 1.98. The monoisotopic (exact) mass is 312 g/mol. The molecule has 1 heterocycles. The normalized spacial score (nSPS) is 11.0. The van der Waals surface area contributed by atoms with Crippen LogP contribution in [-0.4, -0.2) is 28.5 Å². The van der Waals surface area contributed by atoms with Crippen LogP contribution in [0.5, 0.6) is 0 Å². The van der Waals surface area contributed by atoms with Crippen LogP contribution in [0.25, 0.3) is 0 Å². The Morgan fingerprint density at radius 2 is 1.70 bits per heavy atom. The van der Waals surface area contributed by atoms with Gasteiger partial charge in [-0.05, 0) is 29.5 Å². The van der Waals surface area contributed by atoms with Crippen molar-refractivity contribution in [2.45, 2.75) is 20.3 Å². The topological polar surface area (TPSA) is 79.3 Å². The second-order valence-corrected chi connectivity index (χ2v) is 6.22. The number of aromatic nitrogens is 1. The van der Waals surface area contributed by atoms with Crippen molar-refractivity contribution >= 4 is 11.9 Å². The van der Waals surface area contributed by atoms with Gasteiger partial charge < -0.3 is 10.4 Å². The number of aromatic carboxylic acids is 1.